The molecule has 1 aromatic carbocycles. The second kappa shape index (κ2) is 12.5. The van der Waals surface area contributed by atoms with Gasteiger partial charge in [-0.1, -0.05) is 24.2 Å². The highest BCUT2D eigenvalue weighted by Gasteiger charge is 2.06. The minimum absolute atomic E-state index is 0. The van der Waals surface area contributed by atoms with E-state index >= 15 is 0 Å². The van der Waals surface area contributed by atoms with Gasteiger partial charge >= 0.3 is 0 Å². The Morgan fingerprint density at radius 2 is 2.00 bits per heavy atom. The van der Waals surface area contributed by atoms with Crippen LogP contribution in [0.4, 0.5) is 0 Å². The number of hydrogen-bond acceptors (Lipinski definition) is 5. The van der Waals surface area contributed by atoms with Gasteiger partial charge in [-0.25, -0.2) is 0 Å². The minimum Gasteiger partial charge on any atom is -0.497 e. The molecule has 0 saturated carbocycles. The molecule has 27 heavy (non-hydrogen) atoms. The monoisotopic (exact) mass is 487 g/mol. The summed E-state index contributed by atoms with van der Waals surface area (Å²) >= 11 is 0. The summed E-state index contributed by atoms with van der Waals surface area (Å²) in [7, 11) is 1.68. The fourth-order valence-electron chi connectivity index (χ4n) is 2.54. The Bertz CT molecular complexity index is 688. The van der Waals surface area contributed by atoms with Crippen LogP contribution in [0.3, 0.4) is 0 Å². The number of hydrogen-bond donors (Lipinski definition) is 2. The summed E-state index contributed by atoms with van der Waals surface area (Å²) in [5, 5.41) is 10.4. The Kier molecular flexibility index (Phi) is 10.8. The summed E-state index contributed by atoms with van der Waals surface area (Å²) < 4.78 is 10.3. The lowest BCUT2D eigenvalue weighted by Crippen LogP contribution is -2.38. The van der Waals surface area contributed by atoms with Crippen LogP contribution >= 0.6 is 24.0 Å². The van der Waals surface area contributed by atoms with Crippen LogP contribution in [-0.2, 0) is 6.42 Å². The van der Waals surface area contributed by atoms with Crippen LogP contribution in [-0.4, -0.2) is 42.8 Å². The van der Waals surface area contributed by atoms with Crippen molar-refractivity contribution in [1.82, 2.24) is 20.8 Å². The molecule has 150 valence electrons. The molecule has 0 aliphatic rings. The topological polar surface area (TPSA) is 84.6 Å². The van der Waals surface area contributed by atoms with E-state index in [0.717, 1.165) is 31.2 Å². The van der Waals surface area contributed by atoms with E-state index in [2.05, 4.69) is 51.7 Å². The molecule has 2 N–H and O–H groups in total. The molecule has 2 rings (SSSR count). The Balaban J connectivity index is 0.00000364. The number of guanidine groups is 1. The van der Waals surface area contributed by atoms with Gasteiger partial charge in [0.1, 0.15) is 5.75 Å². The highest BCUT2D eigenvalue weighted by atomic mass is 127. The van der Waals surface area contributed by atoms with Gasteiger partial charge in [0.2, 0.25) is 5.89 Å². The van der Waals surface area contributed by atoms with E-state index in [1.165, 1.54) is 5.56 Å². The zero-order valence-corrected chi connectivity index (χ0v) is 18.8. The molecule has 0 aliphatic heterocycles. The van der Waals surface area contributed by atoms with Crippen molar-refractivity contribution < 1.29 is 9.26 Å². The highest BCUT2D eigenvalue weighted by molar-refractivity contribution is 14.0. The Morgan fingerprint density at radius 3 is 2.59 bits per heavy atom. The summed E-state index contributed by atoms with van der Waals surface area (Å²) in [5.41, 5.74) is 1.30. The first-order chi connectivity index (χ1) is 12.6. The number of nitrogens with zero attached hydrogens (tertiary/aromatic N) is 3. The van der Waals surface area contributed by atoms with E-state index in [0.29, 0.717) is 30.6 Å². The van der Waals surface area contributed by atoms with Gasteiger partial charge in [-0.05, 0) is 43.9 Å². The van der Waals surface area contributed by atoms with Gasteiger partial charge in [0, 0.05) is 26.1 Å². The van der Waals surface area contributed by atoms with Crippen molar-refractivity contribution in [2.75, 3.05) is 26.7 Å². The van der Waals surface area contributed by atoms with Crippen LogP contribution in [0.2, 0.25) is 0 Å². The first-order valence-corrected chi connectivity index (χ1v) is 9.07. The largest absolute Gasteiger partial charge is 0.497 e. The molecule has 1 heterocycles. The van der Waals surface area contributed by atoms with E-state index in [9.17, 15) is 0 Å². The fraction of sp³-hybridized carbons (Fsp3) is 0.526. The number of aryl methyl sites for hydroxylation is 1. The van der Waals surface area contributed by atoms with E-state index in [1.54, 1.807) is 7.11 Å². The molecular weight excluding hydrogens is 457 g/mol. The zero-order valence-electron chi connectivity index (χ0n) is 16.5. The van der Waals surface area contributed by atoms with Crippen molar-refractivity contribution in [1.29, 1.82) is 0 Å². The lowest BCUT2D eigenvalue weighted by atomic mass is 9.98. The molecule has 0 radical (unpaired) electrons. The van der Waals surface area contributed by atoms with Gasteiger partial charge in [-0.2, -0.15) is 4.98 Å². The maximum absolute atomic E-state index is 5.21. The predicted molar refractivity (Wildman–Crippen MR) is 118 cm³/mol. The Morgan fingerprint density at radius 1 is 1.26 bits per heavy atom. The summed E-state index contributed by atoms with van der Waals surface area (Å²) in [6, 6.07) is 8.23. The van der Waals surface area contributed by atoms with Gasteiger partial charge < -0.3 is 19.9 Å². The number of nitrogens with one attached hydrogen (secondary N) is 2. The van der Waals surface area contributed by atoms with Gasteiger partial charge in [0.05, 0.1) is 7.11 Å². The molecule has 0 amide bonds. The second-order valence-electron chi connectivity index (χ2n) is 6.14. The van der Waals surface area contributed by atoms with E-state index < -0.39 is 0 Å². The summed E-state index contributed by atoms with van der Waals surface area (Å²) in [5.74, 6) is 3.43. The average Bonchev–Trinajstić information content (AvgIpc) is 3.07. The van der Waals surface area contributed by atoms with Gasteiger partial charge in [0.15, 0.2) is 11.8 Å². The third-order valence-corrected chi connectivity index (χ3v) is 4.06. The van der Waals surface area contributed by atoms with Crippen molar-refractivity contribution in [2.45, 2.75) is 39.5 Å². The van der Waals surface area contributed by atoms with Crippen LogP contribution in [0, 0.1) is 6.92 Å². The normalized spacial score (nSPS) is 12.2. The molecule has 0 aliphatic carbocycles. The van der Waals surface area contributed by atoms with Crippen LogP contribution in [0.1, 0.15) is 43.5 Å². The lowest BCUT2D eigenvalue weighted by molar-refractivity contribution is 0.374. The smallest absolute Gasteiger partial charge is 0.228 e. The third-order valence-electron chi connectivity index (χ3n) is 4.06. The molecule has 1 atom stereocenters. The molecule has 0 bridgehead atoms. The standard InChI is InChI=1S/C19H29N5O2.HI/c1-5-20-19(22-13-11-18-23-15(3)24-26-18)21-12-10-14(2)16-6-8-17(25-4)9-7-16;/h6-9,14H,5,10-13H2,1-4H3,(H2,20,21,22);1H. The van der Waals surface area contributed by atoms with Crippen molar-refractivity contribution in [2.24, 2.45) is 4.99 Å². The van der Waals surface area contributed by atoms with Crippen molar-refractivity contribution in [3.05, 3.63) is 41.5 Å². The molecule has 0 fully saturated rings. The number of halogens is 1. The molecule has 1 unspecified atom stereocenters. The number of ether oxygens (including phenoxy) is 1. The molecule has 0 saturated heterocycles. The average molecular weight is 487 g/mol. The maximum Gasteiger partial charge on any atom is 0.228 e. The quantitative estimate of drug-likeness (QED) is 0.321. The van der Waals surface area contributed by atoms with E-state index in [4.69, 9.17) is 9.26 Å². The van der Waals surface area contributed by atoms with Crippen LogP contribution in [0.25, 0.3) is 0 Å². The number of methoxy groups -OCH3 is 1. The Labute approximate surface area is 178 Å². The Hall–Kier alpha value is -1.84. The molecule has 0 spiro atoms. The molecular formula is C19H30IN5O2. The number of rotatable bonds is 9. The molecule has 1 aromatic heterocycles. The van der Waals surface area contributed by atoms with E-state index in [-0.39, 0.29) is 24.0 Å². The van der Waals surface area contributed by atoms with Crippen molar-refractivity contribution >= 4 is 29.9 Å². The van der Waals surface area contributed by atoms with Crippen LogP contribution in [0.15, 0.2) is 33.8 Å². The molecule has 2 aromatic rings. The highest BCUT2D eigenvalue weighted by Crippen LogP contribution is 2.21. The zero-order chi connectivity index (χ0) is 18.8. The summed E-state index contributed by atoms with van der Waals surface area (Å²) in [6.45, 7) is 8.35. The number of aliphatic imine (C=N–C) groups is 1. The lowest BCUT2D eigenvalue weighted by Gasteiger charge is -2.13. The fourth-order valence-corrected chi connectivity index (χ4v) is 2.54. The SMILES string of the molecule is CCNC(=NCCC(C)c1ccc(OC)cc1)NCCc1nc(C)no1.I. The van der Waals surface area contributed by atoms with Gasteiger partial charge in [-0.15, -0.1) is 24.0 Å². The maximum atomic E-state index is 5.21. The van der Waals surface area contributed by atoms with E-state index in [1.807, 2.05) is 19.1 Å². The molecule has 8 heteroatoms. The summed E-state index contributed by atoms with van der Waals surface area (Å²) in [4.78, 5) is 8.85. The number of aromatic nitrogens is 2. The second-order valence-corrected chi connectivity index (χ2v) is 6.14. The summed E-state index contributed by atoms with van der Waals surface area (Å²) in [6.07, 6.45) is 1.65. The first-order valence-electron chi connectivity index (χ1n) is 9.07. The minimum atomic E-state index is 0. The third kappa shape index (κ3) is 8.15. The van der Waals surface area contributed by atoms with Crippen LogP contribution < -0.4 is 15.4 Å². The van der Waals surface area contributed by atoms with Crippen molar-refractivity contribution in [3.8, 4) is 5.75 Å². The molecule has 7 nitrogen and oxygen atoms in total. The number of benzene rings is 1. The van der Waals surface area contributed by atoms with Crippen LogP contribution in [0.5, 0.6) is 5.75 Å². The predicted octanol–water partition coefficient (Wildman–Crippen LogP) is 3.30. The van der Waals surface area contributed by atoms with Gasteiger partial charge in [0.25, 0.3) is 0 Å². The van der Waals surface area contributed by atoms with Crippen molar-refractivity contribution in [3.63, 3.8) is 0 Å². The van der Waals surface area contributed by atoms with Gasteiger partial charge in [-0.3, -0.25) is 4.99 Å². The first kappa shape index (κ1) is 23.2.